The van der Waals surface area contributed by atoms with E-state index in [2.05, 4.69) is 36.2 Å². The van der Waals surface area contributed by atoms with E-state index in [4.69, 9.17) is 9.47 Å². The van der Waals surface area contributed by atoms with Crippen molar-refractivity contribution in [3.63, 3.8) is 0 Å². The molecule has 1 aromatic carbocycles. The van der Waals surface area contributed by atoms with Gasteiger partial charge >= 0.3 is 0 Å². The van der Waals surface area contributed by atoms with E-state index in [1.54, 1.807) is 7.11 Å². The van der Waals surface area contributed by atoms with Crippen LogP contribution in [0.5, 0.6) is 11.5 Å². The van der Waals surface area contributed by atoms with E-state index in [1.807, 2.05) is 0 Å². The summed E-state index contributed by atoms with van der Waals surface area (Å²) in [5.41, 5.74) is 3.16. The van der Waals surface area contributed by atoms with Crippen molar-refractivity contribution >= 4 is 0 Å². The van der Waals surface area contributed by atoms with Gasteiger partial charge in [0, 0.05) is 29.4 Å². The highest BCUT2D eigenvalue weighted by molar-refractivity contribution is 5.61. The van der Waals surface area contributed by atoms with Gasteiger partial charge in [0.25, 0.3) is 0 Å². The number of methoxy groups -OCH3 is 1. The Morgan fingerprint density at radius 3 is 3.14 bits per heavy atom. The third-order valence-electron chi connectivity index (χ3n) is 6.30. The molecule has 0 aromatic heterocycles. The lowest BCUT2D eigenvalue weighted by Crippen LogP contribution is -2.62. The van der Waals surface area contributed by atoms with Crippen LogP contribution < -0.4 is 9.47 Å². The summed E-state index contributed by atoms with van der Waals surface area (Å²) in [7, 11) is 4.03. The van der Waals surface area contributed by atoms with Crippen molar-refractivity contribution in [1.29, 1.82) is 0 Å². The molecule has 21 heavy (non-hydrogen) atoms. The molecule has 0 amide bonds. The Labute approximate surface area is 125 Å². The first-order chi connectivity index (χ1) is 10.3. The Hall–Kier alpha value is -1.48. The van der Waals surface area contributed by atoms with Gasteiger partial charge in [-0.2, -0.15) is 0 Å². The molecule has 3 nitrogen and oxygen atoms in total. The summed E-state index contributed by atoms with van der Waals surface area (Å²) < 4.78 is 12.0. The molecule has 0 N–H and O–H groups in total. The molecule has 1 aromatic rings. The second-order valence-corrected chi connectivity index (χ2v) is 6.97. The first-order valence-corrected chi connectivity index (χ1v) is 7.99. The van der Waals surface area contributed by atoms with E-state index in [1.165, 1.54) is 24.1 Å². The lowest BCUT2D eigenvalue weighted by atomic mass is 9.54. The minimum absolute atomic E-state index is 0.198. The molecule has 0 unspecified atom stereocenters. The van der Waals surface area contributed by atoms with Crippen molar-refractivity contribution in [2.24, 2.45) is 5.92 Å². The first kappa shape index (κ1) is 12.1. The molecule has 2 aliphatic carbocycles. The van der Waals surface area contributed by atoms with E-state index in [-0.39, 0.29) is 5.41 Å². The number of nitrogens with zero attached hydrogens (tertiary/aromatic N) is 1. The fourth-order valence-corrected chi connectivity index (χ4v) is 5.36. The van der Waals surface area contributed by atoms with Crippen LogP contribution in [-0.4, -0.2) is 37.7 Å². The fourth-order valence-electron chi connectivity index (χ4n) is 5.36. The third-order valence-corrected chi connectivity index (χ3v) is 6.30. The van der Waals surface area contributed by atoms with E-state index in [0.717, 1.165) is 24.3 Å². The molecule has 4 aliphatic rings. The number of likely N-dealkylation sites (N-methyl/N-ethyl adjacent to an activating group) is 1. The summed E-state index contributed by atoms with van der Waals surface area (Å²) in [5.74, 6) is 2.54. The Kier molecular flexibility index (Phi) is 2.21. The normalized spacial score (nSPS) is 38.9. The second kappa shape index (κ2) is 3.83. The number of piperidine rings is 1. The highest BCUT2D eigenvalue weighted by Crippen LogP contribution is 2.62. The Morgan fingerprint density at radius 2 is 2.29 bits per heavy atom. The van der Waals surface area contributed by atoms with Crippen LogP contribution in [0.4, 0.5) is 0 Å². The minimum atomic E-state index is 0.198. The van der Waals surface area contributed by atoms with Crippen LogP contribution in [0.3, 0.4) is 0 Å². The van der Waals surface area contributed by atoms with Crippen LogP contribution in [-0.2, 0) is 11.8 Å². The highest BCUT2D eigenvalue weighted by atomic mass is 16.5. The third kappa shape index (κ3) is 1.25. The van der Waals surface area contributed by atoms with E-state index in [9.17, 15) is 0 Å². The molecular formula is C18H21NO2. The van der Waals surface area contributed by atoms with Crippen molar-refractivity contribution in [2.45, 2.75) is 36.8 Å². The molecule has 1 spiro atoms. The van der Waals surface area contributed by atoms with Gasteiger partial charge in [-0.15, -0.1) is 0 Å². The molecule has 0 saturated carbocycles. The zero-order valence-electron chi connectivity index (χ0n) is 12.6. The Morgan fingerprint density at radius 1 is 1.38 bits per heavy atom. The summed E-state index contributed by atoms with van der Waals surface area (Å²) >= 11 is 0. The predicted octanol–water partition coefficient (Wildman–Crippen LogP) is 2.53. The maximum atomic E-state index is 6.44. The minimum Gasteiger partial charge on any atom is -0.493 e. The molecule has 3 heteroatoms. The number of rotatable bonds is 1. The molecule has 4 atom stereocenters. The van der Waals surface area contributed by atoms with Gasteiger partial charge in [-0.1, -0.05) is 18.2 Å². The molecule has 5 rings (SSSR count). The first-order valence-electron chi connectivity index (χ1n) is 7.99. The maximum absolute atomic E-state index is 6.44. The number of likely N-dealkylation sites (tertiary alicyclic amines) is 1. The van der Waals surface area contributed by atoms with Crippen molar-refractivity contribution in [2.75, 3.05) is 20.7 Å². The maximum Gasteiger partial charge on any atom is 0.165 e. The van der Waals surface area contributed by atoms with Crippen LogP contribution in [0.15, 0.2) is 24.3 Å². The Bertz CT molecular complexity index is 653. The molecular weight excluding hydrogens is 262 g/mol. The number of hydrogen-bond acceptors (Lipinski definition) is 3. The zero-order valence-corrected chi connectivity index (χ0v) is 12.6. The predicted molar refractivity (Wildman–Crippen MR) is 81.1 cm³/mol. The van der Waals surface area contributed by atoms with Gasteiger partial charge in [-0.25, -0.2) is 0 Å². The van der Waals surface area contributed by atoms with Gasteiger partial charge in [-0.05, 0) is 38.1 Å². The molecule has 2 aliphatic heterocycles. The lowest BCUT2D eigenvalue weighted by Gasteiger charge is -2.55. The summed E-state index contributed by atoms with van der Waals surface area (Å²) in [5, 5.41) is 0. The van der Waals surface area contributed by atoms with Crippen LogP contribution >= 0.6 is 0 Å². The van der Waals surface area contributed by atoms with Gasteiger partial charge in [-0.3, -0.25) is 0 Å². The SMILES string of the molecule is COc1ccc2c3c1O[C@H]1CC=C[C@H]4[C@@H](C2)N(C)CC[C@]314. The topological polar surface area (TPSA) is 21.7 Å². The molecule has 110 valence electrons. The molecule has 1 fully saturated rings. The van der Waals surface area contributed by atoms with Gasteiger partial charge < -0.3 is 14.4 Å². The summed E-state index contributed by atoms with van der Waals surface area (Å²) in [6.07, 6.45) is 8.47. The summed E-state index contributed by atoms with van der Waals surface area (Å²) in [4.78, 5) is 2.55. The second-order valence-electron chi connectivity index (χ2n) is 6.97. The molecule has 0 radical (unpaired) electrons. The quantitative estimate of drug-likeness (QED) is 0.739. The fraction of sp³-hybridized carbons (Fsp3) is 0.556. The van der Waals surface area contributed by atoms with Gasteiger partial charge in [0.2, 0.25) is 0 Å². The van der Waals surface area contributed by atoms with Crippen LogP contribution in [0.2, 0.25) is 0 Å². The average Bonchev–Trinajstić information content (AvgIpc) is 2.84. The van der Waals surface area contributed by atoms with Gasteiger partial charge in [0.1, 0.15) is 6.10 Å². The van der Waals surface area contributed by atoms with Crippen LogP contribution in [0, 0.1) is 5.92 Å². The largest absolute Gasteiger partial charge is 0.493 e. The summed E-state index contributed by atoms with van der Waals surface area (Å²) in [6.45, 7) is 1.17. The van der Waals surface area contributed by atoms with Crippen molar-refractivity contribution < 1.29 is 9.47 Å². The van der Waals surface area contributed by atoms with Crippen molar-refractivity contribution in [3.8, 4) is 11.5 Å². The van der Waals surface area contributed by atoms with E-state index >= 15 is 0 Å². The summed E-state index contributed by atoms with van der Waals surface area (Å²) in [6, 6.07) is 4.98. The number of ether oxygens (including phenoxy) is 2. The van der Waals surface area contributed by atoms with E-state index < -0.39 is 0 Å². The van der Waals surface area contributed by atoms with Crippen molar-refractivity contribution in [3.05, 3.63) is 35.4 Å². The Balaban J connectivity index is 1.82. The van der Waals surface area contributed by atoms with Gasteiger partial charge in [0.15, 0.2) is 11.5 Å². The monoisotopic (exact) mass is 283 g/mol. The average molecular weight is 283 g/mol. The van der Waals surface area contributed by atoms with E-state index in [0.29, 0.717) is 18.1 Å². The van der Waals surface area contributed by atoms with Crippen LogP contribution in [0.25, 0.3) is 0 Å². The smallest absolute Gasteiger partial charge is 0.165 e. The molecule has 2 bridgehead atoms. The zero-order chi connectivity index (χ0) is 14.2. The van der Waals surface area contributed by atoms with Crippen LogP contribution in [0.1, 0.15) is 24.0 Å². The van der Waals surface area contributed by atoms with Crippen molar-refractivity contribution in [1.82, 2.24) is 4.90 Å². The number of hydrogen-bond donors (Lipinski definition) is 0. The standard InChI is InChI=1S/C18H21NO2/c1-19-9-8-18-12-4-3-5-15(18)21-17-14(20-2)7-6-11(16(17)18)10-13(12)19/h3-4,6-7,12-13,15H,5,8-10H2,1-2H3/t12-,13+,15-,18+/m0/s1. The molecule has 1 saturated heterocycles. The highest BCUT2D eigenvalue weighted by Gasteiger charge is 2.62. The molecule has 2 heterocycles. The lowest BCUT2D eigenvalue weighted by molar-refractivity contribution is 0.00197. The van der Waals surface area contributed by atoms with Gasteiger partial charge in [0.05, 0.1) is 7.11 Å². The number of benzene rings is 1.